The maximum absolute atomic E-state index is 12.8. The van der Waals surface area contributed by atoms with Crippen LogP contribution in [-0.2, 0) is 4.79 Å². The quantitative estimate of drug-likeness (QED) is 0.360. The lowest BCUT2D eigenvalue weighted by Gasteiger charge is -2.15. The molecule has 0 aliphatic heterocycles. The van der Waals surface area contributed by atoms with E-state index in [1.165, 1.54) is 11.8 Å². The van der Waals surface area contributed by atoms with E-state index in [1.807, 2.05) is 71.3 Å². The maximum Gasteiger partial charge on any atom is 0.234 e. The molecule has 1 N–H and O–H groups in total. The number of anilines is 1. The molecule has 162 valence electrons. The van der Waals surface area contributed by atoms with Crippen LogP contribution in [0.4, 0.5) is 5.69 Å². The summed E-state index contributed by atoms with van der Waals surface area (Å²) >= 11 is 1.35. The predicted molar refractivity (Wildman–Crippen MR) is 129 cm³/mol. The number of hydrogen-bond acceptors (Lipinski definition) is 5. The third kappa shape index (κ3) is 4.89. The van der Waals surface area contributed by atoms with E-state index in [-0.39, 0.29) is 11.7 Å². The number of thioether (sulfide) groups is 1. The number of para-hydroxylation sites is 2. The van der Waals surface area contributed by atoms with E-state index in [2.05, 4.69) is 40.4 Å². The Bertz CT molecular complexity index is 1180. The third-order valence-electron chi connectivity index (χ3n) is 5.25. The molecule has 2 aromatic heterocycles. The van der Waals surface area contributed by atoms with Crippen molar-refractivity contribution in [3.8, 4) is 17.2 Å². The molecule has 0 bridgehead atoms. The van der Waals surface area contributed by atoms with Gasteiger partial charge in [-0.1, -0.05) is 68.1 Å². The molecular weight excluding hydrogens is 418 g/mol. The molecule has 32 heavy (non-hydrogen) atoms. The molecule has 1 atom stereocenters. The Labute approximate surface area is 192 Å². The van der Waals surface area contributed by atoms with Gasteiger partial charge in [-0.05, 0) is 48.2 Å². The lowest BCUT2D eigenvalue weighted by molar-refractivity contribution is -0.113. The number of hydrogen-bond donors (Lipinski definition) is 1. The first-order chi connectivity index (χ1) is 15.7. The highest BCUT2D eigenvalue weighted by Crippen LogP contribution is 2.29. The minimum absolute atomic E-state index is 0.0762. The predicted octanol–water partition coefficient (Wildman–Crippen LogP) is 5.57. The topological polar surface area (TPSA) is 72.7 Å². The summed E-state index contributed by atoms with van der Waals surface area (Å²) in [5.74, 6) is 1.16. The molecule has 0 saturated carbocycles. The molecule has 7 heteroatoms. The second-order valence-electron chi connectivity index (χ2n) is 7.43. The van der Waals surface area contributed by atoms with Gasteiger partial charge in [-0.2, -0.15) is 0 Å². The molecular formula is C25H25N5OS. The smallest absolute Gasteiger partial charge is 0.234 e. The summed E-state index contributed by atoms with van der Waals surface area (Å²) in [5.41, 5.74) is 3.66. The van der Waals surface area contributed by atoms with Crippen LogP contribution in [0.5, 0.6) is 0 Å². The van der Waals surface area contributed by atoms with Gasteiger partial charge in [0.05, 0.1) is 5.75 Å². The summed E-state index contributed by atoms with van der Waals surface area (Å²) < 4.78 is 1.94. The van der Waals surface area contributed by atoms with Crippen LogP contribution in [-0.4, -0.2) is 31.4 Å². The summed E-state index contributed by atoms with van der Waals surface area (Å²) in [5, 5.41) is 12.4. The Balaban J connectivity index is 1.56. The average molecular weight is 444 g/mol. The Hall–Kier alpha value is -3.45. The molecule has 4 rings (SSSR count). The van der Waals surface area contributed by atoms with Gasteiger partial charge in [0, 0.05) is 17.6 Å². The van der Waals surface area contributed by atoms with Crippen LogP contribution in [0.3, 0.4) is 0 Å². The van der Waals surface area contributed by atoms with Crippen LogP contribution in [0.25, 0.3) is 17.2 Å². The lowest BCUT2D eigenvalue weighted by atomic mass is 9.97. The van der Waals surface area contributed by atoms with Gasteiger partial charge in [0.25, 0.3) is 0 Å². The molecule has 6 nitrogen and oxygen atoms in total. The molecule has 4 aromatic rings. The number of nitrogens with one attached hydrogen (secondary N) is 1. The van der Waals surface area contributed by atoms with E-state index >= 15 is 0 Å². The summed E-state index contributed by atoms with van der Waals surface area (Å²) in [6, 6.07) is 23.5. The molecule has 0 aliphatic carbocycles. The van der Waals surface area contributed by atoms with Crippen molar-refractivity contribution in [2.45, 2.75) is 31.3 Å². The molecule has 0 fully saturated rings. The molecule has 0 spiro atoms. The molecule has 0 aliphatic rings. The molecule has 0 radical (unpaired) electrons. The molecule has 0 unspecified atom stereocenters. The average Bonchev–Trinajstić information content (AvgIpc) is 3.28. The van der Waals surface area contributed by atoms with Gasteiger partial charge in [-0.25, -0.2) is 0 Å². The first kappa shape index (κ1) is 21.8. The Morgan fingerprint density at radius 3 is 2.50 bits per heavy atom. The van der Waals surface area contributed by atoms with Gasteiger partial charge in [0.1, 0.15) is 5.69 Å². The van der Waals surface area contributed by atoms with Gasteiger partial charge in [0.15, 0.2) is 11.0 Å². The van der Waals surface area contributed by atoms with E-state index in [9.17, 15) is 4.79 Å². The fourth-order valence-electron chi connectivity index (χ4n) is 3.41. The minimum atomic E-state index is -0.0762. The first-order valence-electron chi connectivity index (χ1n) is 10.6. The molecule has 1 amide bonds. The summed E-state index contributed by atoms with van der Waals surface area (Å²) in [6.07, 6.45) is 2.74. The fourth-order valence-corrected chi connectivity index (χ4v) is 4.16. The van der Waals surface area contributed by atoms with Crippen LogP contribution in [0.15, 0.2) is 84.1 Å². The van der Waals surface area contributed by atoms with Crippen molar-refractivity contribution >= 4 is 23.4 Å². The number of nitrogens with zero attached hydrogens (tertiary/aromatic N) is 4. The number of benzene rings is 2. The molecule has 2 heterocycles. The zero-order valence-electron chi connectivity index (χ0n) is 18.1. The number of aromatic nitrogens is 4. The van der Waals surface area contributed by atoms with E-state index in [4.69, 9.17) is 0 Å². The van der Waals surface area contributed by atoms with Crippen LogP contribution < -0.4 is 5.32 Å². The lowest BCUT2D eigenvalue weighted by Crippen LogP contribution is -2.16. The van der Waals surface area contributed by atoms with Crippen LogP contribution in [0, 0.1) is 0 Å². The fraction of sp³-hybridized carbons (Fsp3) is 0.200. The number of carbonyl (C=O) groups excluding carboxylic acids is 1. The Morgan fingerprint density at radius 2 is 1.75 bits per heavy atom. The van der Waals surface area contributed by atoms with Crippen molar-refractivity contribution in [2.24, 2.45) is 0 Å². The highest BCUT2D eigenvalue weighted by atomic mass is 32.2. The van der Waals surface area contributed by atoms with Crippen molar-refractivity contribution in [3.05, 3.63) is 84.6 Å². The van der Waals surface area contributed by atoms with Gasteiger partial charge < -0.3 is 5.32 Å². The maximum atomic E-state index is 12.8. The van der Waals surface area contributed by atoms with Gasteiger partial charge in [-0.15, -0.1) is 10.2 Å². The summed E-state index contributed by atoms with van der Waals surface area (Å²) in [6.45, 7) is 4.32. The monoisotopic (exact) mass is 443 g/mol. The SMILES string of the molecule is CC[C@H](C)c1ccccc1NC(=O)CSc1nnc(-c2ccccn2)n1-c1ccccc1. The van der Waals surface area contributed by atoms with Crippen molar-refractivity contribution in [1.82, 2.24) is 19.7 Å². The van der Waals surface area contributed by atoms with E-state index in [0.29, 0.717) is 16.9 Å². The van der Waals surface area contributed by atoms with Crippen molar-refractivity contribution < 1.29 is 4.79 Å². The van der Waals surface area contributed by atoms with Crippen molar-refractivity contribution in [3.63, 3.8) is 0 Å². The number of carbonyl (C=O) groups is 1. The standard InChI is InChI=1S/C25H25N5OS/c1-3-18(2)20-13-7-8-14-21(20)27-23(31)17-32-25-29-28-24(22-15-9-10-16-26-22)30(25)19-11-5-4-6-12-19/h4-16,18H,3,17H2,1-2H3,(H,27,31)/t18-/m0/s1. The zero-order chi connectivity index (χ0) is 22.3. The van der Waals surface area contributed by atoms with Gasteiger partial charge >= 0.3 is 0 Å². The Kier molecular flexibility index (Phi) is 6.97. The molecule has 0 saturated heterocycles. The third-order valence-corrected chi connectivity index (χ3v) is 6.18. The number of rotatable bonds is 8. The van der Waals surface area contributed by atoms with Crippen LogP contribution in [0.2, 0.25) is 0 Å². The first-order valence-corrected chi connectivity index (χ1v) is 11.6. The van der Waals surface area contributed by atoms with E-state index in [0.717, 1.165) is 29.1 Å². The summed E-state index contributed by atoms with van der Waals surface area (Å²) in [7, 11) is 0. The number of amides is 1. The highest BCUT2D eigenvalue weighted by Gasteiger charge is 2.18. The highest BCUT2D eigenvalue weighted by molar-refractivity contribution is 7.99. The van der Waals surface area contributed by atoms with Crippen LogP contribution in [0.1, 0.15) is 31.7 Å². The van der Waals surface area contributed by atoms with Crippen molar-refractivity contribution in [2.75, 3.05) is 11.1 Å². The normalized spacial score (nSPS) is 11.8. The second-order valence-corrected chi connectivity index (χ2v) is 8.37. The van der Waals surface area contributed by atoms with E-state index < -0.39 is 0 Å². The van der Waals surface area contributed by atoms with Gasteiger partial charge in [0.2, 0.25) is 5.91 Å². The summed E-state index contributed by atoms with van der Waals surface area (Å²) in [4.78, 5) is 17.2. The molecule has 2 aromatic carbocycles. The Morgan fingerprint density at radius 1 is 1.00 bits per heavy atom. The zero-order valence-corrected chi connectivity index (χ0v) is 18.9. The van der Waals surface area contributed by atoms with Crippen LogP contribution >= 0.6 is 11.8 Å². The number of pyridine rings is 1. The van der Waals surface area contributed by atoms with Crippen molar-refractivity contribution in [1.29, 1.82) is 0 Å². The second kappa shape index (κ2) is 10.2. The van der Waals surface area contributed by atoms with Gasteiger partial charge in [-0.3, -0.25) is 14.3 Å². The minimum Gasteiger partial charge on any atom is -0.325 e. The van der Waals surface area contributed by atoms with E-state index in [1.54, 1.807) is 6.20 Å². The largest absolute Gasteiger partial charge is 0.325 e.